The molecule has 0 saturated carbocycles. The van der Waals surface area contributed by atoms with Gasteiger partial charge in [-0.05, 0) is 30.5 Å². The summed E-state index contributed by atoms with van der Waals surface area (Å²) >= 11 is 11.9. The zero-order chi connectivity index (χ0) is 16.8. The highest BCUT2D eigenvalue weighted by atomic mass is 35.5. The third-order valence-electron chi connectivity index (χ3n) is 3.10. The van der Waals surface area contributed by atoms with Gasteiger partial charge in [0.1, 0.15) is 0 Å². The van der Waals surface area contributed by atoms with Gasteiger partial charge in [0.2, 0.25) is 5.95 Å². The minimum Gasteiger partial charge on any atom is -0.352 e. The first-order valence-electron chi connectivity index (χ1n) is 7.28. The lowest BCUT2D eigenvalue weighted by Crippen LogP contribution is -2.25. The molecular formula is C16H18Cl2N4O. The lowest BCUT2D eigenvalue weighted by Gasteiger charge is -2.09. The third kappa shape index (κ3) is 5.37. The van der Waals surface area contributed by atoms with Gasteiger partial charge in [0.25, 0.3) is 5.91 Å². The number of nitrogens with zero attached hydrogens (tertiary/aromatic N) is 2. The van der Waals surface area contributed by atoms with Gasteiger partial charge in [-0.1, -0.05) is 37.0 Å². The maximum absolute atomic E-state index is 11.9. The number of benzene rings is 1. The van der Waals surface area contributed by atoms with Gasteiger partial charge in [-0.15, -0.1) is 0 Å². The SMILES string of the molecule is CC(C)CCNC(=O)c1cnc(Nc2ccc(Cl)cc2Cl)nc1. The van der Waals surface area contributed by atoms with Crippen LogP contribution in [-0.2, 0) is 0 Å². The number of carbonyl (C=O) groups excluding carboxylic acids is 1. The molecule has 2 N–H and O–H groups in total. The molecule has 0 aliphatic rings. The summed E-state index contributed by atoms with van der Waals surface area (Å²) in [5, 5.41) is 6.84. The molecule has 0 radical (unpaired) electrons. The van der Waals surface area contributed by atoms with E-state index >= 15 is 0 Å². The van der Waals surface area contributed by atoms with Crippen LogP contribution in [0.2, 0.25) is 10.0 Å². The first kappa shape index (κ1) is 17.5. The quantitative estimate of drug-likeness (QED) is 0.812. The Morgan fingerprint density at radius 2 is 1.91 bits per heavy atom. The molecule has 1 aromatic heterocycles. The molecule has 0 spiro atoms. The maximum Gasteiger partial charge on any atom is 0.254 e. The number of hydrogen-bond donors (Lipinski definition) is 2. The highest BCUT2D eigenvalue weighted by Crippen LogP contribution is 2.26. The van der Waals surface area contributed by atoms with Crippen LogP contribution in [0.25, 0.3) is 0 Å². The van der Waals surface area contributed by atoms with Crippen molar-refractivity contribution in [2.75, 3.05) is 11.9 Å². The Balaban J connectivity index is 1.97. The molecule has 122 valence electrons. The van der Waals surface area contributed by atoms with Gasteiger partial charge < -0.3 is 10.6 Å². The van der Waals surface area contributed by atoms with Gasteiger partial charge in [0.05, 0.1) is 16.3 Å². The van der Waals surface area contributed by atoms with Crippen LogP contribution < -0.4 is 10.6 Å². The Kier molecular flexibility index (Phi) is 6.19. The highest BCUT2D eigenvalue weighted by Gasteiger charge is 2.08. The number of halogens is 2. The van der Waals surface area contributed by atoms with Crippen LogP contribution in [0.15, 0.2) is 30.6 Å². The number of carbonyl (C=O) groups is 1. The van der Waals surface area contributed by atoms with Gasteiger partial charge in [-0.2, -0.15) is 0 Å². The van der Waals surface area contributed by atoms with E-state index in [0.717, 1.165) is 6.42 Å². The maximum atomic E-state index is 11.9. The number of rotatable bonds is 6. The molecule has 0 saturated heterocycles. The van der Waals surface area contributed by atoms with Crippen molar-refractivity contribution in [3.05, 3.63) is 46.2 Å². The van der Waals surface area contributed by atoms with Crippen LogP contribution in [0, 0.1) is 5.92 Å². The van der Waals surface area contributed by atoms with Crippen LogP contribution in [0.5, 0.6) is 0 Å². The molecule has 2 rings (SSSR count). The first-order valence-corrected chi connectivity index (χ1v) is 8.03. The first-order chi connectivity index (χ1) is 11.0. The molecule has 1 aromatic carbocycles. The third-order valence-corrected chi connectivity index (χ3v) is 3.65. The summed E-state index contributed by atoms with van der Waals surface area (Å²) < 4.78 is 0. The van der Waals surface area contributed by atoms with Crippen molar-refractivity contribution >= 4 is 40.7 Å². The van der Waals surface area contributed by atoms with Gasteiger partial charge in [-0.3, -0.25) is 4.79 Å². The topological polar surface area (TPSA) is 66.9 Å². The van der Waals surface area contributed by atoms with E-state index in [1.165, 1.54) is 12.4 Å². The normalized spacial score (nSPS) is 10.7. The van der Waals surface area contributed by atoms with Crippen molar-refractivity contribution in [3.63, 3.8) is 0 Å². The van der Waals surface area contributed by atoms with E-state index in [9.17, 15) is 4.79 Å². The standard InChI is InChI=1S/C16H18Cl2N4O/c1-10(2)5-6-19-15(23)11-8-20-16(21-9-11)22-14-4-3-12(17)7-13(14)18/h3-4,7-10H,5-6H2,1-2H3,(H,19,23)(H,20,21,22). The van der Waals surface area contributed by atoms with Crippen LogP contribution in [0.1, 0.15) is 30.6 Å². The molecule has 1 heterocycles. The van der Waals surface area contributed by atoms with Crippen molar-refractivity contribution in [1.82, 2.24) is 15.3 Å². The molecule has 0 unspecified atom stereocenters. The van der Waals surface area contributed by atoms with E-state index in [1.54, 1.807) is 18.2 Å². The van der Waals surface area contributed by atoms with Gasteiger partial charge >= 0.3 is 0 Å². The fourth-order valence-electron chi connectivity index (χ4n) is 1.80. The molecule has 7 heteroatoms. The molecule has 2 aromatic rings. The van der Waals surface area contributed by atoms with Gasteiger partial charge in [0.15, 0.2) is 0 Å². The summed E-state index contributed by atoms with van der Waals surface area (Å²) in [5.41, 5.74) is 1.06. The predicted octanol–water partition coefficient (Wildman–Crippen LogP) is 4.30. The van der Waals surface area contributed by atoms with Crippen molar-refractivity contribution in [1.29, 1.82) is 0 Å². The summed E-state index contributed by atoms with van der Waals surface area (Å²) in [4.78, 5) is 20.2. The highest BCUT2D eigenvalue weighted by molar-refractivity contribution is 6.36. The molecular weight excluding hydrogens is 335 g/mol. The van der Waals surface area contributed by atoms with E-state index in [-0.39, 0.29) is 5.91 Å². The average molecular weight is 353 g/mol. The number of nitrogens with one attached hydrogen (secondary N) is 2. The summed E-state index contributed by atoms with van der Waals surface area (Å²) in [6, 6.07) is 5.08. The van der Waals surface area contributed by atoms with Crippen molar-refractivity contribution in [2.24, 2.45) is 5.92 Å². The second kappa shape index (κ2) is 8.13. The van der Waals surface area contributed by atoms with E-state index in [4.69, 9.17) is 23.2 Å². The summed E-state index contributed by atoms with van der Waals surface area (Å²) in [5.74, 6) is 0.719. The molecule has 1 amide bonds. The lowest BCUT2D eigenvalue weighted by molar-refractivity contribution is 0.0951. The van der Waals surface area contributed by atoms with Crippen molar-refractivity contribution in [2.45, 2.75) is 20.3 Å². The number of aromatic nitrogens is 2. The van der Waals surface area contributed by atoms with Crippen LogP contribution in [0.4, 0.5) is 11.6 Å². The fraction of sp³-hybridized carbons (Fsp3) is 0.312. The Labute approximate surface area is 145 Å². The number of amides is 1. The van der Waals surface area contributed by atoms with Crippen LogP contribution in [-0.4, -0.2) is 22.4 Å². The molecule has 23 heavy (non-hydrogen) atoms. The lowest BCUT2D eigenvalue weighted by atomic mass is 10.1. The van der Waals surface area contributed by atoms with Crippen molar-refractivity contribution in [3.8, 4) is 0 Å². The Morgan fingerprint density at radius 1 is 1.22 bits per heavy atom. The average Bonchev–Trinajstić information content (AvgIpc) is 2.50. The summed E-state index contributed by atoms with van der Waals surface area (Å²) in [7, 11) is 0. The van der Waals surface area contributed by atoms with Gasteiger partial charge in [0, 0.05) is 24.0 Å². The minimum atomic E-state index is -0.179. The number of hydrogen-bond acceptors (Lipinski definition) is 4. The number of anilines is 2. The van der Waals surface area contributed by atoms with E-state index in [2.05, 4.69) is 34.4 Å². The summed E-state index contributed by atoms with van der Waals surface area (Å²) in [6.45, 7) is 4.85. The molecule has 0 atom stereocenters. The molecule has 0 aliphatic heterocycles. The predicted molar refractivity (Wildman–Crippen MR) is 93.6 cm³/mol. The molecule has 5 nitrogen and oxygen atoms in total. The molecule has 0 aliphatic carbocycles. The zero-order valence-corrected chi connectivity index (χ0v) is 14.4. The summed E-state index contributed by atoms with van der Waals surface area (Å²) in [6.07, 6.45) is 3.88. The van der Waals surface area contributed by atoms with E-state index in [0.29, 0.717) is 39.7 Å². The van der Waals surface area contributed by atoms with Crippen LogP contribution in [0.3, 0.4) is 0 Å². The van der Waals surface area contributed by atoms with Crippen molar-refractivity contribution < 1.29 is 4.79 Å². The monoisotopic (exact) mass is 352 g/mol. The Morgan fingerprint density at radius 3 is 2.52 bits per heavy atom. The van der Waals surface area contributed by atoms with E-state index in [1.807, 2.05) is 0 Å². The second-order valence-electron chi connectivity index (χ2n) is 5.48. The fourth-order valence-corrected chi connectivity index (χ4v) is 2.25. The molecule has 0 fully saturated rings. The largest absolute Gasteiger partial charge is 0.352 e. The molecule has 0 bridgehead atoms. The van der Waals surface area contributed by atoms with E-state index < -0.39 is 0 Å². The Bertz CT molecular complexity index is 674. The second-order valence-corrected chi connectivity index (χ2v) is 6.33. The minimum absolute atomic E-state index is 0.179. The smallest absolute Gasteiger partial charge is 0.254 e. The van der Waals surface area contributed by atoms with Gasteiger partial charge in [-0.25, -0.2) is 9.97 Å². The Hall–Kier alpha value is -1.85. The zero-order valence-electron chi connectivity index (χ0n) is 12.9. The van der Waals surface area contributed by atoms with Crippen LogP contribution >= 0.6 is 23.2 Å².